The molecule has 4 heteroatoms. The fraction of sp³-hybridized carbons (Fsp3) is 1.00. The minimum atomic E-state index is 0.794. The molecule has 0 amide bonds. The van der Waals surface area contributed by atoms with Gasteiger partial charge in [-0.3, -0.25) is 0 Å². The van der Waals surface area contributed by atoms with Crippen molar-refractivity contribution in [3.8, 4) is 0 Å². The number of thioether (sulfide) groups is 2. The fourth-order valence-corrected chi connectivity index (χ4v) is 2.00. The number of nitrogens with zero attached hydrogens (tertiary/aromatic N) is 1. The number of hydrogen-bond donors (Lipinski definition) is 1. The summed E-state index contributed by atoms with van der Waals surface area (Å²) in [6.45, 7) is 5.87. The molecular formula is C8H19NOS2. The van der Waals surface area contributed by atoms with Gasteiger partial charge in [-0.15, -0.1) is 0 Å². The van der Waals surface area contributed by atoms with Crippen LogP contribution in [0.4, 0.5) is 0 Å². The third-order valence-corrected chi connectivity index (χ3v) is 3.15. The maximum atomic E-state index is 9.31. The van der Waals surface area contributed by atoms with Crippen molar-refractivity contribution in [3.63, 3.8) is 0 Å². The van der Waals surface area contributed by atoms with E-state index in [-0.39, 0.29) is 0 Å². The molecule has 0 aliphatic carbocycles. The molecule has 12 heavy (non-hydrogen) atoms. The molecule has 1 N–H and O–H groups in total. The highest BCUT2D eigenvalue weighted by atomic mass is 32.2. The Hall–Kier alpha value is 0.620. The Morgan fingerprint density at radius 2 is 1.42 bits per heavy atom. The van der Waals surface area contributed by atoms with Gasteiger partial charge in [0.15, 0.2) is 0 Å². The molecule has 0 aromatic carbocycles. The molecule has 74 valence electrons. The molecule has 0 aromatic heterocycles. The van der Waals surface area contributed by atoms with Gasteiger partial charge < -0.3 is 5.21 Å². The molecule has 0 rings (SSSR count). The Kier molecular flexibility index (Phi) is 10.2. The number of hydrogen-bond acceptors (Lipinski definition) is 4. The van der Waals surface area contributed by atoms with Crippen LogP contribution in [0.5, 0.6) is 0 Å². The molecule has 0 unspecified atom stereocenters. The van der Waals surface area contributed by atoms with E-state index in [9.17, 15) is 5.21 Å². The van der Waals surface area contributed by atoms with Crippen LogP contribution in [0, 0.1) is 0 Å². The second-order valence-electron chi connectivity index (χ2n) is 2.35. The van der Waals surface area contributed by atoms with Gasteiger partial charge in [0.1, 0.15) is 0 Å². The highest BCUT2D eigenvalue weighted by Crippen LogP contribution is 2.01. The fourth-order valence-electron chi connectivity index (χ4n) is 0.740. The molecule has 0 aliphatic heterocycles. The summed E-state index contributed by atoms with van der Waals surface area (Å²) in [6, 6.07) is 0. The molecular weight excluding hydrogens is 190 g/mol. The van der Waals surface area contributed by atoms with Crippen molar-refractivity contribution >= 4 is 23.5 Å². The van der Waals surface area contributed by atoms with E-state index in [1.807, 2.05) is 23.5 Å². The van der Waals surface area contributed by atoms with E-state index in [1.165, 1.54) is 5.06 Å². The average molecular weight is 209 g/mol. The second-order valence-corrected chi connectivity index (χ2v) is 5.14. The van der Waals surface area contributed by atoms with E-state index < -0.39 is 0 Å². The molecule has 0 aromatic rings. The summed E-state index contributed by atoms with van der Waals surface area (Å²) in [5.74, 6) is 4.34. The summed E-state index contributed by atoms with van der Waals surface area (Å²) in [7, 11) is 0. The van der Waals surface area contributed by atoms with Gasteiger partial charge in [-0.2, -0.15) is 28.6 Å². The van der Waals surface area contributed by atoms with Crippen molar-refractivity contribution in [1.82, 2.24) is 5.06 Å². The summed E-state index contributed by atoms with van der Waals surface area (Å²) < 4.78 is 0. The summed E-state index contributed by atoms with van der Waals surface area (Å²) in [6.07, 6.45) is 0. The third-order valence-electron chi connectivity index (χ3n) is 1.40. The first-order chi connectivity index (χ1) is 5.81. The molecule has 0 fully saturated rings. The van der Waals surface area contributed by atoms with Crippen molar-refractivity contribution in [2.75, 3.05) is 36.1 Å². The monoisotopic (exact) mass is 209 g/mol. The van der Waals surface area contributed by atoms with Crippen LogP contribution in [0.1, 0.15) is 13.8 Å². The largest absolute Gasteiger partial charge is 0.314 e. The molecule has 2 nitrogen and oxygen atoms in total. The van der Waals surface area contributed by atoms with Crippen LogP contribution in [0.2, 0.25) is 0 Å². The normalized spacial score (nSPS) is 11.0. The first kappa shape index (κ1) is 12.6. The summed E-state index contributed by atoms with van der Waals surface area (Å²) in [5, 5.41) is 10.7. The maximum absolute atomic E-state index is 9.31. The number of rotatable bonds is 8. The topological polar surface area (TPSA) is 23.5 Å². The van der Waals surface area contributed by atoms with Crippen molar-refractivity contribution in [2.24, 2.45) is 0 Å². The smallest absolute Gasteiger partial charge is 0.0329 e. The second kappa shape index (κ2) is 9.71. The lowest BCUT2D eigenvalue weighted by atomic mass is 10.6. The van der Waals surface area contributed by atoms with E-state index in [0.717, 1.165) is 36.1 Å². The quantitative estimate of drug-likeness (QED) is 0.489. The minimum Gasteiger partial charge on any atom is -0.314 e. The standard InChI is InChI=1S/C8H19NOS2/c1-3-11-7-5-9(10)6-8-12-4-2/h10H,3-8H2,1-2H3. The van der Waals surface area contributed by atoms with Gasteiger partial charge in [-0.1, -0.05) is 13.8 Å². The van der Waals surface area contributed by atoms with Gasteiger partial charge in [0, 0.05) is 24.6 Å². The molecule has 0 atom stereocenters. The van der Waals surface area contributed by atoms with Gasteiger partial charge in [-0.05, 0) is 11.5 Å². The summed E-state index contributed by atoms with van der Waals surface area (Å²) in [4.78, 5) is 0. The van der Waals surface area contributed by atoms with Crippen molar-refractivity contribution in [2.45, 2.75) is 13.8 Å². The predicted octanol–water partition coefficient (Wildman–Crippen LogP) is 2.18. The van der Waals surface area contributed by atoms with Crippen LogP contribution in [-0.2, 0) is 0 Å². The van der Waals surface area contributed by atoms with E-state index in [0.29, 0.717) is 0 Å². The summed E-state index contributed by atoms with van der Waals surface area (Å²) in [5.41, 5.74) is 0. The minimum absolute atomic E-state index is 0.794. The SMILES string of the molecule is CCSCCN(O)CCSCC. The van der Waals surface area contributed by atoms with E-state index in [4.69, 9.17) is 0 Å². The zero-order valence-electron chi connectivity index (χ0n) is 7.95. The van der Waals surface area contributed by atoms with Gasteiger partial charge in [0.05, 0.1) is 0 Å². The average Bonchev–Trinajstić information content (AvgIpc) is 2.06. The lowest BCUT2D eigenvalue weighted by molar-refractivity contribution is -0.0792. The van der Waals surface area contributed by atoms with Gasteiger partial charge in [0.2, 0.25) is 0 Å². The van der Waals surface area contributed by atoms with E-state index in [2.05, 4.69) is 13.8 Å². The predicted molar refractivity (Wildman–Crippen MR) is 59.4 cm³/mol. The Balaban J connectivity index is 3.04. The van der Waals surface area contributed by atoms with Gasteiger partial charge in [-0.25, -0.2) is 0 Å². The van der Waals surface area contributed by atoms with Gasteiger partial charge >= 0.3 is 0 Å². The Morgan fingerprint density at radius 1 is 1.00 bits per heavy atom. The lowest BCUT2D eigenvalue weighted by Crippen LogP contribution is -2.24. The van der Waals surface area contributed by atoms with E-state index in [1.54, 1.807) is 0 Å². The maximum Gasteiger partial charge on any atom is 0.0329 e. The Bertz CT molecular complexity index is 83.1. The van der Waals surface area contributed by atoms with Crippen molar-refractivity contribution in [3.05, 3.63) is 0 Å². The first-order valence-corrected chi connectivity index (χ1v) is 6.71. The van der Waals surface area contributed by atoms with Crippen LogP contribution < -0.4 is 0 Å². The van der Waals surface area contributed by atoms with Crippen molar-refractivity contribution in [1.29, 1.82) is 0 Å². The van der Waals surface area contributed by atoms with Crippen LogP contribution in [0.3, 0.4) is 0 Å². The molecule has 0 saturated heterocycles. The molecule has 0 heterocycles. The highest BCUT2D eigenvalue weighted by Gasteiger charge is 1.98. The van der Waals surface area contributed by atoms with Crippen LogP contribution in [0.15, 0.2) is 0 Å². The molecule has 0 spiro atoms. The van der Waals surface area contributed by atoms with E-state index >= 15 is 0 Å². The third kappa shape index (κ3) is 8.71. The Morgan fingerprint density at radius 3 is 1.75 bits per heavy atom. The van der Waals surface area contributed by atoms with Gasteiger partial charge in [0.25, 0.3) is 0 Å². The van der Waals surface area contributed by atoms with Crippen LogP contribution >= 0.6 is 23.5 Å². The first-order valence-electron chi connectivity index (χ1n) is 4.40. The van der Waals surface area contributed by atoms with Crippen molar-refractivity contribution < 1.29 is 5.21 Å². The molecule has 0 saturated carbocycles. The van der Waals surface area contributed by atoms with Crippen LogP contribution in [-0.4, -0.2) is 46.4 Å². The Labute approximate surface area is 84.0 Å². The lowest BCUT2D eigenvalue weighted by Gasteiger charge is -2.13. The highest BCUT2D eigenvalue weighted by molar-refractivity contribution is 7.99. The zero-order chi connectivity index (χ0) is 9.23. The summed E-state index contributed by atoms with van der Waals surface area (Å²) >= 11 is 3.73. The molecule has 0 aliphatic rings. The molecule has 0 bridgehead atoms. The molecule has 0 radical (unpaired) electrons. The number of hydroxylamine groups is 2. The van der Waals surface area contributed by atoms with Crippen LogP contribution in [0.25, 0.3) is 0 Å². The zero-order valence-corrected chi connectivity index (χ0v) is 9.59.